The van der Waals surface area contributed by atoms with Crippen molar-refractivity contribution in [1.29, 1.82) is 0 Å². The fraction of sp³-hybridized carbons (Fsp3) is 0.333. The van der Waals surface area contributed by atoms with Crippen LogP contribution in [0.25, 0.3) is 0 Å². The number of carbonyl (C=O) groups is 2. The van der Waals surface area contributed by atoms with Gasteiger partial charge in [0.25, 0.3) is 5.91 Å². The number of amides is 2. The van der Waals surface area contributed by atoms with Crippen LogP contribution in [-0.2, 0) is 9.59 Å². The first-order valence-electron chi connectivity index (χ1n) is 7.99. The van der Waals surface area contributed by atoms with Crippen LogP contribution in [0.2, 0.25) is 0 Å². The lowest BCUT2D eigenvalue weighted by Gasteiger charge is -2.17. The fourth-order valence-corrected chi connectivity index (χ4v) is 2.70. The summed E-state index contributed by atoms with van der Waals surface area (Å²) in [5, 5.41) is 2.81. The van der Waals surface area contributed by atoms with E-state index in [0.717, 1.165) is 18.7 Å². The Morgan fingerprint density at radius 3 is 2.96 bits per heavy atom. The van der Waals surface area contributed by atoms with Crippen molar-refractivity contribution in [3.63, 3.8) is 0 Å². The summed E-state index contributed by atoms with van der Waals surface area (Å²) in [6.07, 6.45) is 3.02. The van der Waals surface area contributed by atoms with Gasteiger partial charge in [-0.15, -0.1) is 0 Å². The van der Waals surface area contributed by atoms with Gasteiger partial charge in [-0.25, -0.2) is 0 Å². The van der Waals surface area contributed by atoms with Crippen molar-refractivity contribution in [3.8, 4) is 5.75 Å². The Morgan fingerprint density at radius 2 is 2.25 bits per heavy atom. The summed E-state index contributed by atoms with van der Waals surface area (Å²) in [4.78, 5) is 25.5. The van der Waals surface area contributed by atoms with Gasteiger partial charge in [0.2, 0.25) is 5.91 Å². The number of anilines is 1. The first kappa shape index (κ1) is 16.1. The molecule has 1 fully saturated rings. The second kappa shape index (κ2) is 7.21. The molecule has 1 aliphatic heterocycles. The quantitative estimate of drug-likeness (QED) is 0.885. The molecular formula is C18H20N2O4. The SMILES string of the molecule is C[C@@H](NC(=O)COc1cccc(N2CCCC2=O)c1)c1ccco1. The smallest absolute Gasteiger partial charge is 0.258 e. The Balaban J connectivity index is 1.54. The lowest BCUT2D eigenvalue weighted by atomic mass is 10.2. The summed E-state index contributed by atoms with van der Waals surface area (Å²) in [7, 11) is 0. The summed E-state index contributed by atoms with van der Waals surface area (Å²) in [6, 6.07) is 10.6. The topological polar surface area (TPSA) is 71.8 Å². The molecule has 0 spiro atoms. The zero-order valence-electron chi connectivity index (χ0n) is 13.5. The molecule has 0 aliphatic carbocycles. The fourth-order valence-electron chi connectivity index (χ4n) is 2.70. The second-order valence-electron chi connectivity index (χ2n) is 5.74. The number of benzene rings is 1. The van der Waals surface area contributed by atoms with Crippen LogP contribution in [0.5, 0.6) is 5.75 Å². The van der Waals surface area contributed by atoms with E-state index in [0.29, 0.717) is 17.9 Å². The van der Waals surface area contributed by atoms with Gasteiger partial charge in [0.1, 0.15) is 11.5 Å². The van der Waals surface area contributed by atoms with E-state index < -0.39 is 0 Å². The molecule has 1 aromatic heterocycles. The van der Waals surface area contributed by atoms with E-state index in [1.54, 1.807) is 29.4 Å². The molecule has 0 bridgehead atoms. The lowest BCUT2D eigenvalue weighted by molar-refractivity contribution is -0.124. The average molecular weight is 328 g/mol. The summed E-state index contributed by atoms with van der Waals surface area (Å²) in [6.45, 7) is 2.47. The number of ether oxygens (including phenoxy) is 1. The van der Waals surface area contributed by atoms with E-state index >= 15 is 0 Å². The Morgan fingerprint density at radius 1 is 1.38 bits per heavy atom. The van der Waals surface area contributed by atoms with Crippen molar-refractivity contribution in [2.75, 3.05) is 18.1 Å². The average Bonchev–Trinajstić information content (AvgIpc) is 3.24. The van der Waals surface area contributed by atoms with E-state index in [9.17, 15) is 9.59 Å². The predicted octanol–water partition coefficient (Wildman–Crippen LogP) is 2.66. The Labute approximate surface area is 140 Å². The molecule has 2 aromatic rings. The van der Waals surface area contributed by atoms with Gasteiger partial charge < -0.3 is 19.4 Å². The molecule has 3 rings (SSSR count). The van der Waals surface area contributed by atoms with Crippen LogP contribution in [-0.4, -0.2) is 25.0 Å². The number of nitrogens with zero attached hydrogens (tertiary/aromatic N) is 1. The van der Waals surface area contributed by atoms with Gasteiger partial charge in [-0.1, -0.05) is 6.07 Å². The highest BCUT2D eigenvalue weighted by atomic mass is 16.5. The van der Waals surface area contributed by atoms with Crippen molar-refractivity contribution in [2.24, 2.45) is 0 Å². The minimum absolute atomic E-state index is 0.0948. The predicted molar refractivity (Wildman–Crippen MR) is 88.8 cm³/mol. The Bertz CT molecular complexity index is 712. The number of furan rings is 1. The van der Waals surface area contributed by atoms with Crippen LogP contribution in [0, 0.1) is 0 Å². The molecule has 1 saturated heterocycles. The van der Waals surface area contributed by atoms with Gasteiger partial charge in [0.15, 0.2) is 6.61 Å². The van der Waals surface area contributed by atoms with Gasteiger partial charge >= 0.3 is 0 Å². The van der Waals surface area contributed by atoms with Gasteiger partial charge in [-0.3, -0.25) is 9.59 Å². The van der Waals surface area contributed by atoms with Crippen molar-refractivity contribution in [1.82, 2.24) is 5.32 Å². The monoisotopic (exact) mass is 328 g/mol. The number of rotatable bonds is 6. The summed E-state index contributed by atoms with van der Waals surface area (Å²) < 4.78 is 10.8. The van der Waals surface area contributed by atoms with Crippen molar-refractivity contribution < 1.29 is 18.7 Å². The first-order valence-corrected chi connectivity index (χ1v) is 7.99. The standard InChI is InChI=1S/C18H20N2O4/c1-13(16-7-4-10-23-16)19-17(21)12-24-15-6-2-5-14(11-15)20-9-3-8-18(20)22/h2,4-7,10-11,13H,3,8-9,12H2,1H3,(H,19,21)/t13-/m1/s1. The van der Waals surface area contributed by atoms with E-state index in [-0.39, 0.29) is 24.5 Å². The Kier molecular flexibility index (Phi) is 4.84. The van der Waals surface area contributed by atoms with Crippen LogP contribution in [0.1, 0.15) is 31.6 Å². The minimum Gasteiger partial charge on any atom is -0.484 e. The zero-order chi connectivity index (χ0) is 16.9. The van der Waals surface area contributed by atoms with E-state index in [1.807, 2.05) is 25.1 Å². The third-order valence-electron chi connectivity index (χ3n) is 3.92. The lowest BCUT2D eigenvalue weighted by Crippen LogP contribution is -2.31. The molecule has 0 saturated carbocycles. The van der Waals surface area contributed by atoms with E-state index in [1.165, 1.54) is 0 Å². The normalized spacial score (nSPS) is 15.4. The third-order valence-corrected chi connectivity index (χ3v) is 3.92. The largest absolute Gasteiger partial charge is 0.484 e. The van der Waals surface area contributed by atoms with Crippen molar-refractivity contribution in [2.45, 2.75) is 25.8 Å². The summed E-state index contributed by atoms with van der Waals surface area (Å²) in [5.41, 5.74) is 0.805. The molecule has 1 aromatic carbocycles. The highest BCUT2D eigenvalue weighted by molar-refractivity contribution is 5.95. The summed E-state index contributed by atoms with van der Waals surface area (Å²) >= 11 is 0. The molecule has 2 amide bonds. The molecule has 6 nitrogen and oxygen atoms in total. The second-order valence-corrected chi connectivity index (χ2v) is 5.74. The maximum absolute atomic E-state index is 12.0. The van der Waals surface area contributed by atoms with E-state index in [2.05, 4.69) is 5.32 Å². The molecule has 126 valence electrons. The molecule has 0 unspecified atom stereocenters. The number of hydrogen-bond acceptors (Lipinski definition) is 4. The number of nitrogens with one attached hydrogen (secondary N) is 1. The molecule has 1 aliphatic rings. The Hall–Kier alpha value is -2.76. The number of hydrogen-bond donors (Lipinski definition) is 1. The van der Waals surface area contributed by atoms with Crippen molar-refractivity contribution >= 4 is 17.5 Å². The van der Waals surface area contributed by atoms with Crippen molar-refractivity contribution in [3.05, 3.63) is 48.4 Å². The third kappa shape index (κ3) is 3.76. The van der Waals surface area contributed by atoms with Gasteiger partial charge in [0.05, 0.1) is 12.3 Å². The van der Waals surface area contributed by atoms with E-state index in [4.69, 9.17) is 9.15 Å². The summed E-state index contributed by atoms with van der Waals surface area (Å²) in [5.74, 6) is 1.14. The molecular weight excluding hydrogens is 308 g/mol. The maximum atomic E-state index is 12.0. The molecule has 24 heavy (non-hydrogen) atoms. The molecule has 2 heterocycles. The highest BCUT2D eigenvalue weighted by Gasteiger charge is 2.22. The first-order chi connectivity index (χ1) is 11.6. The van der Waals surface area contributed by atoms with Crippen LogP contribution < -0.4 is 15.0 Å². The minimum atomic E-state index is -0.235. The van der Waals surface area contributed by atoms with Gasteiger partial charge in [-0.2, -0.15) is 0 Å². The maximum Gasteiger partial charge on any atom is 0.258 e. The van der Waals surface area contributed by atoms with Crippen LogP contribution in [0.3, 0.4) is 0 Å². The molecule has 6 heteroatoms. The van der Waals surface area contributed by atoms with Crippen LogP contribution in [0.15, 0.2) is 47.1 Å². The molecule has 1 N–H and O–H groups in total. The molecule has 1 atom stereocenters. The van der Waals surface area contributed by atoms with Gasteiger partial charge in [-0.05, 0) is 37.6 Å². The molecule has 0 radical (unpaired) electrons. The van der Waals surface area contributed by atoms with Crippen LogP contribution in [0.4, 0.5) is 5.69 Å². The van der Waals surface area contributed by atoms with Gasteiger partial charge in [0, 0.05) is 24.7 Å². The zero-order valence-corrected chi connectivity index (χ0v) is 13.5. The number of carbonyl (C=O) groups excluding carboxylic acids is 2. The van der Waals surface area contributed by atoms with Crippen LogP contribution >= 0.6 is 0 Å². The highest BCUT2D eigenvalue weighted by Crippen LogP contribution is 2.25.